The molecule has 4 heterocycles. The molecule has 0 radical (unpaired) electrons. The summed E-state index contributed by atoms with van der Waals surface area (Å²) in [6, 6.07) is 22.2. The van der Waals surface area contributed by atoms with Gasteiger partial charge in [0.2, 0.25) is 5.91 Å². The molecule has 1 aliphatic carbocycles. The summed E-state index contributed by atoms with van der Waals surface area (Å²) >= 11 is 0. The standard InChI is InChI=1S/C49H48F3N7O8/c1-4-35-43(27-5-10-32(61)11-6-27)38(54-45(53)44(35)28-7-12-33(62)13-8-28)25-65-24-31-21-58(57-56-31)22-34(63)23-59-39-20-36(50)37(17-29(39)18-42(59)47(2,3)26-60)55-46(64)48(15-16-48)30-9-14-40-41(19-30)67-49(51,52)66-40/h5-14,17-21,34,60-63H,4,15-16,22-26H2,1-3H3,(H2,53,54)(H,55,64)/t34-/m0/s1. The first-order chi connectivity index (χ1) is 32.0. The number of pyridine rings is 1. The van der Waals surface area contributed by atoms with Crippen molar-refractivity contribution >= 4 is 28.3 Å². The number of alkyl halides is 2. The number of amides is 1. The molecule has 1 amide bonds. The fraction of sp³-hybridized carbons (Fsp3) is 0.306. The van der Waals surface area contributed by atoms with E-state index in [1.807, 2.05) is 20.8 Å². The van der Waals surface area contributed by atoms with Gasteiger partial charge in [-0.2, -0.15) is 0 Å². The number of phenols is 2. The van der Waals surface area contributed by atoms with Gasteiger partial charge in [0.05, 0.1) is 67.5 Å². The highest BCUT2D eigenvalue weighted by Gasteiger charge is 2.53. The monoisotopic (exact) mass is 919 g/mol. The van der Waals surface area contributed by atoms with Gasteiger partial charge >= 0.3 is 6.29 Å². The molecule has 1 atom stereocenters. The average Bonchev–Trinajstić information content (AvgIpc) is 3.73. The van der Waals surface area contributed by atoms with Crippen molar-refractivity contribution in [1.29, 1.82) is 0 Å². The molecule has 2 aliphatic rings. The van der Waals surface area contributed by atoms with Gasteiger partial charge in [-0.15, -0.1) is 13.9 Å². The molecule has 3 aromatic heterocycles. The van der Waals surface area contributed by atoms with Crippen molar-refractivity contribution in [2.45, 2.75) is 89.6 Å². The number of phenolic OH excluding ortho intramolecular Hbond substituents is 2. The number of aliphatic hydroxyl groups is 2. The Morgan fingerprint density at radius 3 is 2.25 bits per heavy atom. The SMILES string of the molecule is CCc1c(-c2ccc(O)cc2)c(N)nc(COCc2cn(C[C@H](O)Cn3c(C(C)(C)CO)cc4cc(NC(=O)C5(c6ccc7c(c6)OC(F)(F)O7)CC5)c(F)cc43)nn2)c1-c1ccc(O)cc1. The summed E-state index contributed by atoms with van der Waals surface area (Å²) in [5.41, 5.74) is 11.2. The molecular formula is C49H48F3N7O8. The summed E-state index contributed by atoms with van der Waals surface area (Å²) in [4.78, 5) is 18.5. The molecule has 1 fully saturated rings. The van der Waals surface area contributed by atoms with Gasteiger partial charge in [-0.1, -0.05) is 56.3 Å². The zero-order chi connectivity index (χ0) is 47.4. The topological polar surface area (TPSA) is 212 Å². The van der Waals surface area contributed by atoms with E-state index in [9.17, 15) is 34.0 Å². The molecular weight excluding hydrogens is 872 g/mol. The number of benzene rings is 4. The van der Waals surface area contributed by atoms with Crippen molar-refractivity contribution in [1.82, 2.24) is 24.5 Å². The number of carbonyl (C=O) groups excluding carboxylic acids is 1. The Morgan fingerprint density at radius 2 is 1.60 bits per heavy atom. The second kappa shape index (κ2) is 17.3. The van der Waals surface area contributed by atoms with E-state index in [1.165, 1.54) is 35.0 Å². The van der Waals surface area contributed by atoms with Gasteiger partial charge in [0.1, 0.15) is 28.8 Å². The summed E-state index contributed by atoms with van der Waals surface area (Å²) in [6.45, 7) is 5.46. The molecule has 67 heavy (non-hydrogen) atoms. The average molecular weight is 920 g/mol. The van der Waals surface area contributed by atoms with Gasteiger partial charge in [0.15, 0.2) is 11.5 Å². The molecule has 15 nitrogen and oxygen atoms in total. The van der Waals surface area contributed by atoms with Crippen molar-refractivity contribution in [2.24, 2.45) is 0 Å². The minimum Gasteiger partial charge on any atom is -0.508 e. The van der Waals surface area contributed by atoms with Gasteiger partial charge in [-0.25, -0.2) is 14.1 Å². The van der Waals surface area contributed by atoms with Crippen LogP contribution in [0.1, 0.15) is 61.8 Å². The van der Waals surface area contributed by atoms with E-state index in [0.717, 1.165) is 27.8 Å². The van der Waals surface area contributed by atoms with Crippen LogP contribution in [0.3, 0.4) is 0 Å². The number of nitrogens with one attached hydrogen (secondary N) is 1. The van der Waals surface area contributed by atoms with E-state index in [2.05, 4.69) is 25.1 Å². The summed E-state index contributed by atoms with van der Waals surface area (Å²) in [7, 11) is 0. The molecule has 0 spiro atoms. The fourth-order valence-electron chi connectivity index (χ4n) is 8.80. The number of ether oxygens (including phenoxy) is 3. The van der Waals surface area contributed by atoms with Crippen LogP contribution in [0.15, 0.2) is 91.1 Å². The van der Waals surface area contributed by atoms with E-state index >= 15 is 4.39 Å². The maximum absolute atomic E-state index is 16.0. The van der Waals surface area contributed by atoms with E-state index < -0.39 is 35.0 Å². The van der Waals surface area contributed by atoms with Crippen molar-refractivity contribution in [3.8, 4) is 45.3 Å². The van der Waals surface area contributed by atoms with Crippen LogP contribution in [0, 0.1) is 5.82 Å². The van der Waals surface area contributed by atoms with Crippen LogP contribution in [0.2, 0.25) is 0 Å². The third-order valence-corrected chi connectivity index (χ3v) is 12.4. The maximum atomic E-state index is 16.0. The summed E-state index contributed by atoms with van der Waals surface area (Å²) in [6.07, 6.45) is -1.81. The lowest BCUT2D eigenvalue weighted by molar-refractivity contribution is -0.286. The number of hydrogen-bond donors (Lipinski definition) is 6. The number of anilines is 2. The van der Waals surface area contributed by atoms with Gasteiger partial charge in [0.25, 0.3) is 0 Å². The molecule has 9 rings (SSSR count). The number of nitrogen functional groups attached to an aromatic ring is 1. The van der Waals surface area contributed by atoms with Crippen LogP contribution in [-0.4, -0.2) is 69.9 Å². The lowest BCUT2D eigenvalue weighted by atomic mass is 9.89. The third-order valence-electron chi connectivity index (χ3n) is 12.4. The Bertz CT molecular complexity index is 3010. The minimum absolute atomic E-state index is 0.00352. The molecule has 348 valence electrons. The van der Waals surface area contributed by atoms with Crippen molar-refractivity contribution < 1.29 is 52.6 Å². The summed E-state index contributed by atoms with van der Waals surface area (Å²) in [5.74, 6) is -1.05. The number of aliphatic hydroxyl groups excluding tert-OH is 2. The van der Waals surface area contributed by atoms with Crippen LogP contribution in [-0.2, 0) is 53.1 Å². The zero-order valence-corrected chi connectivity index (χ0v) is 36.8. The highest BCUT2D eigenvalue weighted by molar-refractivity contribution is 6.03. The third kappa shape index (κ3) is 8.82. The first-order valence-electron chi connectivity index (χ1n) is 21.7. The minimum atomic E-state index is -3.81. The molecule has 1 aliphatic heterocycles. The largest absolute Gasteiger partial charge is 0.586 e. The van der Waals surface area contributed by atoms with Crippen molar-refractivity contribution in [2.75, 3.05) is 17.7 Å². The second-order valence-electron chi connectivity index (χ2n) is 17.6. The number of fused-ring (bicyclic) bond motifs is 2. The maximum Gasteiger partial charge on any atom is 0.586 e. The first kappa shape index (κ1) is 45.0. The Hall–Kier alpha value is -7.15. The summed E-state index contributed by atoms with van der Waals surface area (Å²) < 4.78 is 61.8. The normalized spacial score (nSPS) is 15.2. The molecule has 0 saturated heterocycles. The van der Waals surface area contributed by atoms with E-state index in [4.69, 9.17) is 15.5 Å². The fourth-order valence-corrected chi connectivity index (χ4v) is 8.80. The zero-order valence-electron chi connectivity index (χ0n) is 36.8. The van der Waals surface area contributed by atoms with E-state index in [0.29, 0.717) is 58.6 Å². The number of carbonyl (C=O) groups is 1. The Kier molecular flexibility index (Phi) is 11.6. The molecule has 4 aromatic carbocycles. The number of rotatable bonds is 16. The first-order valence-corrected chi connectivity index (χ1v) is 21.7. The number of aromatic nitrogens is 5. The number of nitrogens with zero attached hydrogens (tertiary/aromatic N) is 5. The predicted molar refractivity (Wildman–Crippen MR) is 241 cm³/mol. The number of nitrogens with two attached hydrogens (primary N) is 1. The Morgan fingerprint density at radius 1 is 0.925 bits per heavy atom. The molecule has 0 bridgehead atoms. The highest BCUT2D eigenvalue weighted by atomic mass is 19.3. The van der Waals surface area contributed by atoms with Crippen molar-refractivity contribution in [3.05, 3.63) is 125 Å². The smallest absolute Gasteiger partial charge is 0.508 e. The van der Waals surface area contributed by atoms with Crippen molar-refractivity contribution in [3.63, 3.8) is 0 Å². The molecule has 1 saturated carbocycles. The lowest BCUT2D eigenvalue weighted by Crippen LogP contribution is -2.30. The Labute approximate surface area is 382 Å². The predicted octanol–water partition coefficient (Wildman–Crippen LogP) is 7.70. The van der Waals surface area contributed by atoms with Crippen LogP contribution in [0.4, 0.5) is 24.7 Å². The number of hydrogen-bond acceptors (Lipinski definition) is 12. The van der Waals surface area contributed by atoms with Crippen LogP contribution >= 0.6 is 0 Å². The van der Waals surface area contributed by atoms with Gasteiger partial charge in [-0.05, 0) is 90.0 Å². The highest BCUT2D eigenvalue weighted by Crippen LogP contribution is 2.52. The van der Waals surface area contributed by atoms with Gasteiger partial charge < -0.3 is 50.3 Å². The van der Waals surface area contributed by atoms with Crippen LogP contribution in [0.5, 0.6) is 23.0 Å². The molecule has 18 heteroatoms. The number of halogens is 3. The Balaban J connectivity index is 0.897. The second-order valence-corrected chi connectivity index (χ2v) is 17.6. The van der Waals surface area contributed by atoms with Crippen LogP contribution in [0.25, 0.3) is 33.2 Å². The number of aromatic hydroxyl groups is 2. The summed E-state index contributed by atoms with van der Waals surface area (Å²) in [5, 5.41) is 53.5. The van der Waals surface area contributed by atoms with Gasteiger partial charge in [-0.3, -0.25) is 4.79 Å². The lowest BCUT2D eigenvalue weighted by Gasteiger charge is -2.26. The molecule has 0 unspecified atom stereocenters. The van der Waals surface area contributed by atoms with E-state index in [1.54, 1.807) is 65.4 Å². The van der Waals surface area contributed by atoms with Crippen LogP contribution < -0.4 is 20.5 Å². The quantitative estimate of drug-likeness (QED) is 0.0551. The van der Waals surface area contributed by atoms with Gasteiger partial charge in [0, 0.05) is 33.7 Å². The van der Waals surface area contributed by atoms with E-state index in [-0.39, 0.29) is 61.6 Å². The molecule has 7 N–H and O–H groups in total. The molecule has 7 aromatic rings.